The number of carboxylic acids is 1. The minimum absolute atomic E-state index is 0.150. The summed E-state index contributed by atoms with van der Waals surface area (Å²) in [6, 6.07) is 14.3. The van der Waals surface area contributed by atoms with Gasteiger partial charge in [0.25, 0.3) is 0 Å². The van der Waals surface area contributed by atoms with Crippen LogP contribution in [0.25, 0.3) is 0 Å². The van der Waals surface area contributed by atoms with Crippen molar-refractivity contribution in [1.82, 2.24) is 0 Å². The number of benzene rings is 2. The Morgan fingerprint density at radius 3 is 2.50 bits per heavy atom. The number of ether oxygens (including phenoxy) is 2. The molecule has 0 aliphatic rings. The van der Waals surface area contributed by atoms with Gasteiger partial charge in [0, 0.05) is 25.8 Å². The predicted octanol–water partition coefficient (Wildman–Crippen LogP) is 2.91. The maximum atomic E-state index is 11.1. The van der Waals surface area contributed by atoms with E-state index in [-0.39, 0.29) is 12.2 Å². The molecule has 0 aliphatic carbocycles. The zero-order valence-electron chi connectivity index (χ0n) is 12.7. The first-order chi connectivity index (χ1) is 10.6. The van der Waals surface area contributed by atoms with Crippen molar-refractivity contribution in [3.63, 3.8) is 0 Å². The van der Waals surface area contributed by atoms with Crippen LogP contribution in [0.1, 0.15) is 10.4 Å². The maximum Gasteiger partial charge on any atom is 0.339 e. The largest absolute Gasteiger partial charge is 0.490 e. The van der Waals surface area contributed by atoms with Crippen molar-refractivity contribution < 1.29 is 19.4 Å². The molecule has 2 rings (SSSR count). The minimum Gasteiger partial charge on any atom is -0.490 e. The Balaban J connectivity index is 1.87. The average Bonchev–Trinajstić information content (AvgIpc) is 2.52. The number of para-hydroxylation sites is 1. The van der Waals surface area contributed by atoms with Crippen molar-refractivity contribution in [2.24, 2.45) is 0 Å². The van der Waals surface area contributed by atoms with E-state index >= 15 is 0 Å². The van der Waals surface area contributed by atoms with Crippen LogP contribution in [-0.4, -0.2) is 38.4 Å². The molecule has 0 fully saturated rings. The summed E-state index contributed by atoms with van der Waals surface area (Å²) in [7, 11) is 3.93. The van der Waals surface area contributed by atoms with Gasteiger partial charge in [-0.15, -0.1) is 0 Å². The lowest BCUT2D eigenvalue weighted by atomic mass is 10.2. The van der Waals surface area contributed by atoms with Crippen molar-refractivity contribution in [2.45, 2.75) is 0 Å². The van der Waals surface area contributed by atoms with Crippen LogP contribution in [0.4, 0.5) is 5.69 Å². The van der Waals surface area contributed by atoms with E-state index < -0.39 is 5.97 Å². The zero-order chi connectivity index (χ0) is 15.9. The molecule has 0 aromatic heterocycles. The molecule has 0 unspecified atom stereocenters. The van der Waals surface area contributed by atoms with E-state index in [2.05, 4.69) is 0 Å². The summed E-state index contributed by atoms with van der Waals surface area (Å²) in [5.41, 5.74) is 1.20. The van der Waals surface area contributed by atoms with E-state index in [1.165, 1.54) is 6.07 Å². The van der Waals surface area contributed by atoms with Crippen LogP contribution in [-0.2, 0) is 0 Å². The SMILES string of the molecule is CN(C)c1cccc(OCCOc2ccccc2C(=O)O)c1. The van der Waals surface area contributed by atoms with Crippen LogP contribution >= 0.6 is 0 Å². The van der Waals surface area contributed by atoms with Gasteiger partial charge in [-0.3, -0.25) is 0 Å². The van der Waals surface area contributed by atoms with Crippen molar-refractivity contribution in [3.8, 4) is 11.5 Å². The third kappa shape index (κ3) is 4.15. The zero-order valence-corrected chi connectivity index (χ0v) is 12.7. The monoisotopic (exact) mass is 301 g/mol. The fraction of sp³-hybridized carbons (Fsp3) is 0.235. The minimum atomic E-state index is -1.00. The highest BCUT2D eigenvalue weighted by molar-refractivity contribution is 5.90. The topological polar surface area (TPSA) is 59.0 Å². The number of rotatable bonds is 7. The number of hydrogen-bond acceptors (Lipinski definition) is 4. The predicted molar refractivity (Wildman–Crippen MR) is 85.2 cm³/mol. The van der Waals surface area contributed by atoms with E-state index in [1.807, 2.05) is 43.3 Å². The number of anilines is 1. The smallest absolute Gasteiger partial charge is 0.339 e. The molecule has 116 valence electrons. The van der Waals surface area contributed by atoms with Crippen molar-refractivity contribution in [1.29, 1.82) is 0 Å². The molecule has 5 nitrogen and oxygen atoms in total. The summed E-state index contributed by atoms with van der Waals surface area (Å²) in [6.07, 6.45) is 0. The molecule has 22 heavy (non-hydrogen) atoms. The van der Waals surface area contributed by atoms with Crippen molar-refractivity contribution >= 4 is 11.7 Å². The molecule has 2 aromatic rings. The molecule has 0 bridgehead atoms. The summed E-state index contributed by atoms with van der Waals surface area (Å²) >= 11 is 0. The van der Waals surface area contributed by atoms with Gasteiger partial charge in [-0.25, -0.2) is 4.79 Å². The lowest BCUT2D eigenvalue weighted by Gasteiger charge is -2.14. The van der Waals surface area contributed by atoms with Gasteiger partial charge in [0.05, 0.1) is 0 Å². The molecule has 1 N–H and O–H groups in total. The second-order valence-corrected chi connectivity index (χ2v) is 4.89. The van der Waals surface area contributed by atoms with Crippen LogP contribution in [0.5, 0.6) is 11.5 Å². The summed E-state index contributed by atoms with van der Waals surface area (Å²) in [5.74, 6) is 0.0946. The lowest BCUT2D eigenvalue weighted by molar-refractivity contribution is 0.0691. The number of hydrogen-bond donors (Lipinski definition) is 1. The van der Waals surface area contributed by atoms with Crippen molar-refractivity contribution in [3.05, 3.63) is 54.1 Å². The molecule has 0 atom stereocenters. The van der Waals surface area contributed by atoms with Crippen LogP contribution in [0.3, 0.4) is 0 Å². The third-order valence-electron chi connectivity index (χ3n) is 3.06. The van der Waals surface area contributed by atoms with E-state index in [0.29, 0.717) is 12.4 Å². The number of aromatic carboxylic acids is 1. The Bertz CT molecular complexity index is 640. The first kappa shape index (κ1) is 15.7. The highest BCUT2D eigenvalue weighted by Crippen LogP contribution is 2.20. The number of carbonyl (C=O) groups is 1. The van der Waals surface area contributed by atoms with Gasteiger partial charge in [0.15, 0.2) is 0 Å². The average molecular weight is 301 g/mol. The Hall–Kier alpha value is -2.69. The number of nitrogens with zero attached hydrogens (tertiary/aromatic N) is 1. The fourth-order valence-electron chi connectivity index (χ4n) is 1.93. The van der Waals surface area contributed by atoms with Gasteiger partial charge in [-0.1, -0.05) is 18.2 Å². The molecule has 0 spiro atoms. The van der Waals surface area contributed by atoms with Crippen LogP contribution < -0.4 is 14.4 Å². The Morgan fingerprint density at radius 2 is 1.77 bits per heavy atom. The molecule has 0 saturated carbocycles. The van der Waals surface area contributed by atoms with E-state index in [0.717, 1.165) is 11.4 Å². The third-order valence-corrected chi connectivity index (χ3v) is 3.06. The second kappa shape index (κ2) is 7.36. The molecular weight excluding hydrogens is 282 g/mol. The van der Waals surface area contributed by atoms with Gasteiger partial charge >= 0.3 is 5.97 Å². The van der Waals surface area contributed by atoms with Crippen LogP contribution in [0.2, 0.25) is 0 Å². The van der Waals surface area contributed by atoms with Crippen LogP contribution in [0.15, 0.2) is 48.5 Å². The normalized spacial score (nSPS) is 10.1. The van der Waals surface area contributed by atoms with Gasteiger partial charge in [-0.05, 0) is 24.3 Å². The second-order valence-electron chi connectivity index (χ2n) is 4.89. The number of carboxylic acid groups (broad SMARTS) is 1. The molecule has 0 aliphatic heterocycles. The van der Waals surface area contributed by atoms with Gasteiger partial charge in [0.1, 0.15) is 30.3 Å². The molecule has 0 radical (unpaired) electrons. The molecule has 0 saturated heterocycles. The molecule has 2 aromatic carbocycles. The van der Waals surface area contributed by atoms with Gasteiger partial charge < -0.3 is 19.5 Å². The quantitative estimate of drug-likeness (QED) is 0.797. The van der Waals surface area contributed by atoms with Crippen molar-refractivity contribution in [2.75, 3.05) is 32.2 Å². The maximum absolute atomic E-state index is 11.1. The first-order valence-electron chi connectivity index (χ1n) is 6.93. The highest BCUT2D eigenvalue weighted by atomic mass is 16.5. The lowest BCUT2D eigenvalue weighted by Crippen LogP contribution is -2.12. The first-order valence-corrected chi connectivity index (χ1v) is 6.93. The van der Waals surface area contributed by atoms with Gasteiger partial charge in [0.2, 0.25) is 0 Å². The summed E-state index contributed by atoms with van der Waals surface area (Å²) < 4.78 is 11.1. The summed E-state index contributed by atoms with van der Waals surface area (Å²) in [4.78, 5) is 13.1. The molecule has 0 heterocycles. The highest BCUT2D eigenvalue weighted by Gasteiger charge is 2.09. The summed E-state index contributed by atoms with van der Waals surface area (Å²) in [6.45, 7) is 0.612. The standard InChI is InChI=1S/C17H19NO4/c1-18(2)13-6-5-7-14(12-13)21-10-11-22-16-9-4-3-8-15(16)17(19)20/h3-9,12H,10-11H2,1-2H3,(H,19,20). The molecule has 0 amide bonds. The Morgan fingerprint density at radius 1 is 1.05 bits per heavy atom. The Labute approximate surface area is 129 Å². The van der Waals surface area contributed by atoms with E-state index in [4.69, 9.17) is 14.6 Å². The fourth-order valence-corrected chi connectivity index (χ4v) is 1.93. The summed E-state index contributed by atoms with van der Waals surface area (Å²) in [5, 5.41) is 9.07. The van der Waals surface area contributed by atoms with E-state index in [1.54, 1.807) is 18.2 Å². The van der Waals surface area contributed by atoms with Gasteiger partial charge in [-0.2, -0.15) is 0 Å². The van der Waals surface area contributed by atoms with E-state index in [9.17, 15) is 4.79 Å². The Kier molecular flexibility index (Phi) is 5.25. The molecule has 5 heteroatoms. The van der Waals surface area contributed by atoms with Crippen LogP contribution in [0, 0.1) is 0 Å². The molecular formula is C17H19NO4.